The van der Waals surface area contributed by atoms with Crippen molar-refractivity contribution in [3.05, 3.63) is 34.8 Å². The second-order valence-corrected chi connectivity index (χ2v) is 7.83. The third-order valence-electron chi connectivity index (χ3n) is 5.99. The number of nitrogens with one attached hydrogen (secondary N) is 2. The van der Waals surface area contributed by atoms with E-state index >= 15 is 0 Å². The summed E-state index contributed by atoms with van der Waals surface area (Å²) in [5.74, 6) is 4.02. The molecule has 2 atom stereocenters. The Kier molecular flexibility index (Phi) is 5.39. The van der Waals surface area contributed by atoms with Crippen molar-refractivity contribution in [1.82, 2.24) is 15.2 Å². The molecule has 1 unspecified atom stereocenters. The number of carbonyl (C=O) groups excluding carboxylic acids is 2. The normalized spacial score (nSPS) is 21.6. The third kappa shape index (κ3) is 3.78. The van der Waals surface area contributed by atoms with Crippen molar-refractivity contribution in [1.29, 1.82) is 0 Å². The van der Waals surface area contributed by atoms with Crippen molar-refractivity contribution in [2.45, 2.75) is 44.7 Å². The zero-order valence-electron chi connectivity index (χ0n) is 16.5. The van der Waals surface area contributed by atoms with Crippen molar-refractivity contribution >= 4 is 22.6 Å². The third-order valence-corrected chi connectivity index (χ3v) is 5.99. The molecule has 1 aliphatic heterocycles. The van der Waals surface area contributed by atoms with Gasteiger partial charge in [-0.05, 0) is 62.8 Å². The number of amides is 1. The monoisotopic (exact) mass is 396 g/mol. The van der Waals surface area contributed by atoms with Crippen LogP contribution >= 0.6 is 0 Å². The maximum atomic E-state index is 14.0. The van der Waals surface area contributed by atoms with E-state index in [0.29, 0.717) is 5.52 Å². The van der Waals surface area contributed by atoms with Gasteiger partial charge in [0.05, 0.1) is 23.7 Å². The van der Waals surface area contributed by atoms with Gasteiger partial charge in [-0.1, -0.05) is 5.92 Å². The van der Waals surface area contributed by atoms with Crippen LogP contribution in [0, 0.1) is 17.7 Å². The lowest BCUT2D eigenvalue weighted by Crippen LogP contribution is -2.47. The van der Waals surface area contributed by atoms with Crippen molar-refractivity contribution < 1.29 is 14.0 Å². The van der Waals surface area contributed by atoms with Gasteiger partial charge in [-0.3, -0.25) is 14.5 Å². The molecule has 2 aromatic rings. The van der Waals surface area contributed by atoms with Gasteiger partial charge in [0.1, 0.15) is 5.82 Å². The van der Waals surface area contributed by atoms with Gasteiger partial charge in [0.2, 0.25) is 5.78 Å². The number of aryl methyl sites for hydroxylation is 1. The number of primary amides is 1. The number of halogens is 1. The van der Waals surface area contributed by atoms with Crippen LogP contribution in [0.4, 0.5) is 4.39 Å². The number of piperidine rings is 1. The highest BCUT2D eigenvalue weighted by Crippen LogP contribution is 2.41. The summed E-state index contributed by atoms with van der Waals surface area (Å²) in [5, 5.41) is 4.08. The summed E-state index contributed by atoms with van der Waals surface area (Å²) in [7, 11) is 0. The van der Waals surface area contributed by atoms with Gasteiger partial charge in [0.25, 0.3) is 5.91 Å². The number of nitrogens with two attached hydrogens (primary N) is 1. The van der Waals surface area contributed by atoms with Crippen LogP contribution in [0.25, 0.3) is 10.9 Å². The SMILES string of the molecule is CC#CC(=O)CN[C@H]1CCCN(C2CCc3c2[nH]c2c(C(N)=O)cc(F)cc32)C1. The predicted molar refractivity (Wildman–Crippen MR) is 109 cm³/mol. The summed E-state index contributed by atoms with van der Waals surface area (Å²) in [6.07, 6.45) is 3.85. The Bertz CT molecular complexity index is 1030. The molecule has 29 heavy (non-hydrogen) atoms. The number of benzene rings is 1. The van der Waals surface area contributed by atoms with Crippen LogP contribution < -0.4 is 11.1 Å². The number of aromatic nitrogens is 1. The van der Waals surface area contributed by atoms with E-state index in [-0.39, 0.29) is 30.0 Å². The molecule has 1 fully saturated rings. The molecule has 0 bridgehead atoms. The zero-order valence-corrected chi connectivity index (χ0v) is 16.5. The van der Waals surface area contributed by atoms with Gasteiger partial charge >= 0.3 is 0 Å². The quantitative estimate of drug-likeness (QED) is 0.533. The van der Waals surface area contributed by atoms with E-state index in [9.17, 15) is 14.0 Å². The Morgan fingerprint density at radius 2 is 2.21 bits per heavy atom. The van der Waals surface area contributed by atoms with Gasteiger partial charge in [0.15, 0.2) is 0 Å². The number of carbonyl (C=O) groups is 2. The smallest absolute Gasteiger partial charge is 0.250 e. The molecule has 6 nitrogen and oxygen atoms in total. The fourth-order valence-corrected chi connectivity index (χ4v) is 4.75. The molecule has 1 saturated heterocycles. The number of aromatic amines is 1. The molecule has 0 radical (unpaired) electrons. The molecule has 1 amide bonds. The summed E-state index contributed by atoms with van der Waals surface area (Å²) in [4.78, 5) is 29.2. The van der Waals surface area contributed by atoms with Gasteiger partial charge < -0.3 is 16.0 Å². The number of likely N-dealkylation sites (tertiary alicyclic amines) is 1. The number of hydrogen-bond acceptors (Lipinski definition) is 4. The molecule has 2 heterocycles. The molecule has 4 N–H and O–H groups in total. The Labute approximate surface area is 169 Å². The van der Waals surface area contributed by atoms with Crippen LogP contribution in [-0.4, -0.2) is 47.3 Å². The average Bonchev–Trinajstić information content (AvgIpc) is 3.26. The summed E-state index contributed by atoms with van der Waals surface area (Å²) in [6.45, 7) is 3.73. The lowest BCUT2D eigenvalue weighted by Gasteiger charge is -2.37. The largest absolute Gasteiger partial charge is 0.366 e. The molecule has 0 spiro atoms. The second-order valence-electron chi connectivity index (χ2n) is 7.83. The second kappa shape index (κ2) is 7.97. The van der Waals surface area contributed by atoms with E-state index in [4.69, 9.17) is 5.73 Å². The van der Waals surface area contributed by atoms with Crippen molar-refractivity contribution in [3.8, 4) is 11.8 Å². The molecule has 2 aliphatic rings. The fourth-order valence-electron chi connectivity index (χ4n) is 4.75. The Balaban J connectivity index is 1.56. The first kappa shape index (κ1) is 19.6. The van der Waals surface area contributed by atoms with E-state index in [1.54, 1.807) is 6.92 Å². The summed E-state index contributed by atoms with van der Waals surface area (Å²) in [6, 6.07) is 3.11. The lowest BCUT2D eigenvalue weighted by molar-refractivity contribution is -0.113. The van der Waals surface area contributed by atoms with Crippen LogP contribution in [0.1, 0.15) is 53.8 Å². The van der Waals surface area contributed by atoms with E-state index in [2.05, 4.69) is 27.0 Å². The minimum atomic E-state index is -0.631. The Morgan fingerprint density at radius 1 is 1.38 bits per heavy atom. The Hall–Kier alpha value is -2.69. The molecule has 1 aromatic heterocycles. The van der Waals surface area contributed by atoms with Gasteiger partial charge in [-0.2, -0.15) is 0 Å². The number of H-pyrrole nitrogens is 1. The number of hydrogen-bond donors (Lipinski definition) is 3. The molecule has 4 rings (SSSR count). The average molecular weight is 396 g/mol. The minimum Gasteiger partial charge on any atom is -0.366 e. The van der Waals surface area contributed by atoms with Gasteiger partial charge in [-0.15, -0.1) is 0 Å². The first-order valence-corrected chi connectivity index (χ1v) is 10.0. The maximum absolute atomic E-state index is 14.0. The maximum Gasteiger partial charge on any atom is 0.250 e. The van der Waals surface area contributed by atoms with Crippen LogP contribution in [0.2, 0.25) is 0 Å². The fraction of sp³-hybridized carbons (Fsp3) is 0.455. The molecular formula is C22H25FN4O2. The zero-order chi connectivity index (χ0) is 20.5. The van der Waals surface area contributed by atoms with E-state index in [1.165, 1.54) is 12.1 Å². The highest BCUT2D eigenvalue weighted by Gasteiger charge is 2.34. The first-order chi connectivity index (χ1) is 14.0. The van der Waals surface area contributed by atoms with Crippen LogP contribution in [0.15, 0.2) is 12.1 Å². The summed E-state index contributed by atoms with van der Waals surface area (Å²) < 4.78 is 14.0. The number of fused-ring (bicyclic) bond motifs is 3. The van der Waals surface area contributed by atoms with Crippen molar-refractivity contribution in [2.75, 3.05) is 19.6 Å². The number of rotatable bonds is 5. The summed E-state index contributed by atoms with van der Waals surface area (Å²) in [5.41, 5.74) is 8.42. The van der Waals surface area contributed by atoms with Gasteiger partial charge in [-0.25, -0.2) is 4.39 Å². The molecule has 1 aromatic carbocycles. The van der Waals surface area contributed by atoms with E-state index in [1.807, 2.05) is 0 Å². The summed E-state index contributed by atoms with van der Waals surface area (Å²) >= 11 is 0. The van der Waals surface area contributed by atoms with E-state index < -0.39 is 11.7 Å². The van der Waals surface area contributed by atoms with Crippen LogP contribution in [0.3, 0.4) is 0 Å². The predicted octanol–water partition coefficient (Wildman–Crippen LogP) is 2.04. The minimum absolute atomic E-state index is 0.0931. The molecule has 152 valence electrons. The Morgan fingerprint density at radius 3 is 2.97 bits per heavy atom. The molecular weight excluding hydrogens is 371 g/mol. The van der Waals surface area contributed by atoms with Crippen LogP contribution in [0.5, 0.6) is 0 Å². The number of ketones is 1. The number of Topliss-reactive ketones (excluding diaryl/α,β-unsaturated/α-hetero) is 1. The van der Waals surface area contributed by atoms with Crippen molar-refractivity contribution in [2.24, 2.45) is 5.73 Å². The van der Waals surface area contributed by atoms with Crippen LogP contribution in [-0.2, 0) is 11.2 Å². The lowest BCUT2D eigenvalue weighted by atomic mass is 10.0. The first-order valence-electron chi connectivity index (χ1n) is 10.0. The van der Waals surface area contributed by atoms with E-state index in [0.717, 1.165) is 55.4 Å². The number of nitrogens with zero attached hydrogens (tertiary/aromatic N) is 1. The molecule has 0 saturated carbocycles. The highest BCUT2D eigenvalue weighted by atomic mass is 19.1. The highest BCUT2D eigenvalue weighted by molar-refractivity contribution is 6.06. The molecule has 1 aliphatic carbocycles. The topological polar surface area (TPSA) is 91.2 Å². The standard InChI is InChI=1S/C22H25FN4O2/c1-2-4-15(28)11-25-14-5-3-8-27(12-14)19-7-6-16-17-9-13(23)10-18(22(24)29)20(17)26-21(16)19/h9-10,14,19,25-26H,3,5-8,11-12H2,1H3,(H2,24,29)/t14-,19?/m0/s1. The van der Waals surface area contributed by atoms with Gasteiger partial charge in [0, 0.05) is 23.7 Å². The van der Waals surface area contributed by atoms with Crippen molar-refractivity contribution in [3.63, 3.8) is 0 Å². The molecule has 7 heteroatoms.